The molecule has 1 heterocycles. The number of carbonyl (C=O) groups excluding carboxylic acids is 2. The summed E-state index contributed by atoms with van der Waals surface area (Å²) in [7, 11) is 0. The van der Waals surface area contributed by atoms with Gasteiger partial charge in [-0.15, -0.1) is 0 Å². The minimum Gasteiger partial charge on any atom is -0.352 e. The average molecular weight is 447 g/mol. The highest BCUT2D eigenvalue weighted by molar-refractivity contribution is 5.95. The molecule has 1 aliphatic heterocycles. The summed E-state index contributed by atoms with van der Waals surface area (Å²) in [6, 6.07) is 19.7. The number of likely N-dealkylation sites (tertiary alicyclic amines) is 1. The van der Waals surface area contributed by atoms with Gasteiger partial charge in [-0.25, -0.2) is 0 Å². The molecule has 0 aliphatic carbocycles. The van der Waals surface area contributed by atoms with Crippen LogP contribution in [0, 0.1) is 11.3 Å². The van der Waals surface area contributed by atoms with E-state index in [0.717, 1.165) is 30.9 Å². The highest BCUT2D eigenvalue weighted by Gasteiger charge is 2.16. The number of hydrogen-bond donors (Lipinski definition) is 1. The van der Waals surface area contributed by atoms with Crippen LogP contribution in [0.15, 0.2) is 54.6 Å². The van der Waals surface area contributed by atoms with Crippen molar-refractivity contribution in [3.05, 3.63) is 65.7 Å². The minimum absolute atomic E-state index is 0.112. The van der Waals surface area contributed by atoms with Crippen LogP contribution in [-0.2, 0) is 22.7 Å². The summed E-state index contributed by atoms with van der Waals surface area (Å²) < 4.78 is 0. The molecule has 1 aliphatic rings. The van der Waals surface area contributed by atoms with E-state index in [1.165, 1.54) is 31.2 Å². The number of nitrogens with one attached hydrogen (secondary N) is 1. The smallest absolute Gasteiger partial charge is 0.227 e. The second kappa shape index (κ2) is 13.4. The fourth-order valence-electron chi connectivity index (χ4n) is 4.20. The lowest BCUT2D eigenvalue weighted by molar-refractivity contribution is -0.125. The number of anilines is 1. The minimum atomic E-state index is -0.147. The molecular formula is C27H34N4O2. The lowest BCUT2D eigenvalue weighted by atomic mass is 10.1. The maximum atomic E-state index is 12.7. The van der Waals surface area contributed by atoms with E-state index in [2.05, 4.69) is 28.4 Å². The summed E-state index contributed by atoms with van der Waals surface area (Å²) in [4.78, 5) is 29.2. The number of carbonyl (C=O) groups is 2. The van der Waals surface area contributed by atoms with E-state index in [-0.39, 0.29) is 31.1 Å². The number of hydrogen-bond acceptors (Lipinski definition) is 4. The predicted octanol–water partition coefficient (Wildman–Crippen LogP) is 4.41. The van der Waals surface area contributed by atoms with E-state index in [4.69, 9.17) is 5.26 Å². The highest BCUT2D eigenvalue weighted by atomic mass is 16.2. The third kappa shape index (κ3) is 8.36. The molecule has 0 bridgehead atoms. The summed E-state index contributed by atoms with van der Waals surface area (Å²) in [5.41, 5.74) is 3.09. The first-order valence-electron chi connectivity index (χ1n) is 11.9. The van der Waals surface area contributed by atoms with Gasteiger partial charge in [0.25, 0.3) is 0 Å². The van der Waals surface area contributed by atoms with E-state index in [1.807, 2.05) is 42.5 Å². The van der Waals surface area contributed by atoms with Crippen LogP contribution in [0.25, 0.3) is 0 Å². The van der Waals surface area contributed by atoms with Crippen molar-refractivity contribution in [3.63, 3.8) is 0 Å². The summed E-state index contributed by atoms with van der Waals surface area (Å²) in [6.45, 7) is 4.05. The molecule has 0 aromatic heterocycles. The van der Waals surface area contributed by atoms with Crippen molar-refractivity contribution in [2.24, 2.45) is 0 Å². The fraction of sp³-hybridized carbons (Fsp3) is 0.444. The first kappa shape index (κ1) is 24.5. The molecule has 6 nitrogen and oxygen atoms in total. The Bertz CT molecular complexity index is 931. The van der Waals surface area contributed by atoms with Gasteiger partial charge in [-0.3, -0.25) is 14.5 Å². The average Bonchev–Trinajstić information content (AvgIpc) is 3.11. The van der Waals surface area contributed by atoms with Crippen molar-refractivity contribution in [1.29, 1.82) is 5.26 Å². The van der Waals surface area contributed by atoms with Gasteiger partial charge in [-0.05, 0) is 49.2 Å². The molecule has 33 heavy (non-hydrogen) atoms. The number of nitriles is 1. The predicted molar refractivity (Wildman–Crippen MR) is 130 cm³/mol. The zero-order chi connectivity index (χ0) is 23.3. The molecule has 174 valence electrons. The van der Waals surface area contributed by atoms with Crippen molar-refractivity contribution in [3.8, 4) is 6.07 Å². The highest BCUT2D eigenvalue weighted by Crippen LogP contribution is 2.16. The Morgan fingerprint density at radius 1 is 0.939 bits per heavy atom. The van der Waals surface area contributed by atoms with Crippen LogP contribution in [0.1, 0.15) is 56.1 Å². The summed E-state index contributed by atoms with van der Waals surface area (Å²) >= 11 is 0. The van der Waals surface area contributed by atoms with Gasteiger partial charge < -0.3 is 10.2 Å². The van der Waals surface area contributed by atoms with Gasteiger partial charge in [-0.2, -0.15) is 5.26 Å². The largest absolute Gasteiger partial charge is 0.352 e. The molecule has 0 spiro atoms. The number of benzene rings is 2. The topological polar surface area (TPSA) is 76.4 Å². The van der Waals surface area contributed by atoms with Gasteiger partial charge in [-0.1, -0.05) is 55.3 Å². The Balaban J connectivity index is 1.46. The molecule has 1 N–H and O–H groups in total. The molecule has 0 atom stereocenters. The quantitative estimate of drug-likeness (QED) is 0.587. The van der Waals surface area contributed by atoms with Crippen LogP contribution in [-0.4, -0.2) is 36.3 Å². The number of nitrogens with zero attached hydrogens (tertiary/aromatic N) is 3. The van der Waals surface area contributed by atoms with Gasteiger partial charge in [0.1, 0.15) is 0 Å². The van der Waals surface area contributed by atoms with Gasteiger partial charge >= 0.3 is 0 Å². The normalized spacial score (nSPS) is 14.2. The summed E-state index contributed by atoms with van der Waals surface area (Å²) in [6.07, 6.45) is 5.68. The molecule has 1 fully saturated rings. The third-order valence-corrected chi connectivity index (χ3v) is 5.97. The second-order valence-electron chi connectivity index (χ2n) is 8.58. The zero-order valence-corrected chi connectivity index (χ0v) is 19.3. The summed E-state index contributed by atoms with van der Waals surface area (Å²) in [5.74, 6) is -0.291. The Morgan fingerprint density at radius 3 is 2.39 bits per heavy atom. The van der Waals surface area contributed by atoms with Crippen molar-refractivity contribution >= 4 is 17.5 Å². The molecule has 0 radical (unpaired) electrons. The Kier molecular flexibility index (Phi) is 9.93. The molecule has 3 rings (SSSR count). The first-order chi connectivity index (χ1) is 16.2. The monoisotopic (exact) mass is 446 g/mol. The molecule has 2 aromatic carbocycles. The molecule has 1 saturated heterocycles. The second-order valence-corrected chi connectivity index (χ2v) is 8.58. The third-order valence-electron chi connectivity index (χ3n) is 5.97. The molecule has 0 saturated carbocycles. The number of rotatable bonds is 10. The van der Waals surface area contributed by atoms with Crippen molar-refractivity contribution in [2.75, 3.05) is 24.5 Å². The molecule has 2 aromatic rings. The van der Waals surface area contributed by atoms with E-state index >= 15 is 0 Å². The van der Waals surface area contributed by atoms with Crippen molar-refractivity contribution in [2.45, 2.75) is 58.0 Å². The molecular weight excluding hydrogens is 412 g/mol. The van der Waals surface area contributed by atoms with Gasteiger partial charge in [0, 0.05) is 38.2 Å². The Labute approximate surface area is 197 Å². The lowest BCUT2D eigenvalue weighted by Crippen LogP contribution is -2.33. The van der Waals surface area contributed by atoms with Gasteiger partial charge in [0.2, 0.25) is 11.8 Å². The molecule has 2 amide bonds. The number of para-hydroxylation sites is 1. The fourth-order valence-corrected chi connectivity index (χ4v) is 4.20. The molecule has 6 heteroatoms. The van der Waals surface area contributed by atoms with Crippen molar-refractivity contribution in [1.82, 2.24) is 10.2 Å². The van der Waals surface area contributed by atoms with E-state index < -0.39 is 0 Å². The first-order valence-corrected chi connectivity index (χ1v) is 11.9. The van der Waals surface area contributed by atoms with E-state index in [0.29, 0.717) is 13.1 Å². The Morgan fingerprint density at radius 2 is 1.67 bits per heavy atom. The lowest BCUT2D eigenvalue weighted by Gasteiger charge is -2.21. The van der Waals surface area contributed by atoms with Crippen LogP contribution >= 0.6 is 0 Å². The van der Waals surface area contributed by atoms with Crippen LogP contribution in [0.3, 0.4) is 0 Å². The van der Waals surface area contributed by atoms with Crippen LogP contribution < -0.4 is 10.2 Å². The summed E-state index contributed by atoms with van der Waals surface area (Å²) in [5, 5.41) is 11.9. The number of amides is 2. The Hall–Kier alpha value is -3.17. The van der Waals surface area contributed by atoms with Crippen LogP contribution in [0.4, 0.5) is 5.69 Å². The van der Waals surface area contributed by atoms with E-state index in [1.54, 1.807) is 4.90 Å². The van der Waals surface area contributed by atoms with Crippen LogP contribution in [0.5, 0.6) is 0 Å². The maximum Gasteiger partial charge on any atom is 0.227 e. The molecule has 0 unspecified atom stereocenters. The zero-order valence-electron chi connectivity index (χ0n) is 19.3. The SMILES string of the molecule is N#CCCN(C(=O)CCC(=O)NCc1cccc(CN2CCCCCC2)c1)c1ccccc1. The standard InChI is InChI=1S/C27H34N4O2/c28-16-9-19-31(25-12-4-3-5-13-25)27(33)15-14-26(32)29-21-23-10-8-11-24(20-23)22-30-17-6-1-2-7-18-30/h3-5,8,10-13,20H,1-2,6-7,9,14-15,17-19,21-22H2,(H,29,32). The van der Waals surface area contributed by atoms with Gasteiger partial charge in [0.05, 0.1) is 12.5 Å². The van der Waals surface area contributed by atoms with Gasteiger partial charge in [0.15, 0.2) is 0 Å². The van der Waals surface area contributed by atoms with Crippen molar-refractivity contribution < 1.29 is 9.59 Å². The maximum absolute atomic E-state index is 12.7. The van der Waals surface area contributed by atoms with E-state index in [9.17, 15) is 9.59 Å². The van der Waals surface area contributed by atoms with Crippen LogP contribution in [0.2, 0.25) is 0 Å².